The summed E-state index contributed by atoms with van der Waals surface area (Å²) < 4.78 is 44.8. The third kappa shape index (κ3) is 3.91. The molecule has 0 unspecified atom stereocenters. The lowest BCUT2D eigenvalue weighted by Gasteiger charge is -2.23. The quantitative estimate of drug-likeness (QED) is 0.825. The van der Waals surface area contributed by atoms with Crippen LogP contribution in [0.15, 0.2) is 30.5 Å². The molecule has 1 aromatic heterocycles. The topological polar surface area (TPSA) is 38.2 Å². The Morgan fingerprint density at radius 3 is 2.57 bits per heavy atom. The lowest BCUT2D eigenvalue weighted by Crippen LogP contribution is -2.19. The van der Waals surface area contributed by atoms with Gasteiger partial charge in [-0.15, -0.1) is 0 Å². The average molecular weight is 325 g/mol. The molecule has 2 rings (SSSR count). The Bertz CT molecular complexity index is 674. The summed E-state index contributed by atoms with van der Waals surface area (Å²) in [6.45, 7) is 3.98. The summed E-state index contributed by atoms with van der Waals surface area (Å²) in [7, 11) is 1.54. The average Bonchev–Trinajstić information content (AvgIpc) is 2.53. The molecule has 1 heterocycles. The van der Waals surface area contributed by atoms with Gasteiger partial charge in [0.1, 0.15) is 5.56 Å². The molecule has 7 heteroatoms. The van der Waals surface area contributed by atoms with Crippen molar-refractivity contribution in [1.82, 2.24) is 9.97 Å². The fourth-order valence-corrected chi connectivity index (χ4v) is 2.12. The van der Waals surface area contributed by atoms with Crippen LogP contribution >= 0.6 is 0 Å². The number of ether oxygens (including phenoxy) is 1. The number of alkyl halides is 3. The minimum atomic E-state index is -4.54. The molecule has 0 amide bonds. The number of aromatic nitrogens is 2. The van der Waals surface area contributed by atoms with Gasteiger partial charge in [0, 0.05) is 18.9 Å². The van der Waals surface area contributed by atoms with Gasteiger partial charge in [0.2, 0.25) is 0 Å². The molecule has 0 bridgehead atoms. The van der Waals surface area contributed by atoms with E-state index in [9.17, 15) is 13.2 Å². The Hall–Kier alpha value is -2.31. The van der Waals surface area contributed by atoms with E-state index in [0.29, 0.717) is 5.69 Å². The lowest BCUT2D eigenvalue weighted by atomic mass is 10.1. The molecule has 0 fully saturated rings. The first-order chi connectivity index (χ1) is 10.9. The number of halogens is 3. The van der Waals surface area contributed by atoms with Crippen LogP contribution in [0.1, 0.15) is 25.0 Å². The Labute approximate surface area is 132 Å². The summed E-state index contributed by atoms with van der Waals surface area (Å²) in [5.41, 5.74) is 0.753. The maximum absolute atomic E-state index is 13.2. The number of hydrogen-bond acceptors (Lipinski definition) is 4. The van der Waals surface area contributed by atoms with Gasteiger partial charge >= 0.3 is 12.2 Å². The molecule has 0 N–H and O–H groups in total. The lowest BCUT2D eigenvalue weighted by molar-refractivity contribution is -0.137. The van der Waals surface area contributed by atoms with E-state index in [-0.39, 0.29) is 18.4 Å². The first kappa shape index (κ1) is 17.1. The van der Waals surface area contributed by atoms with Crippen LogP contribution in [0.2, 0.25) is 0 Å². The summed E-state index contributed by atoms with van der Waals surface area (Å²) in [4.78, 5) is 8.95. The molecule has 0 atom stereocenters. The van der Waals surface area contributed by atoms with Crippen LogP contribution in [0, 0.1) is 0 Å². The summed E-state index contributed by atoms with van der Waals surface area (Å²) >= 11 is 0. The first-order valence-corrected chi connectivity index (χ1v) is 7.26. The molecular formula is C16H18F3N3O. The van der Waals surface area contributed by atoms with Gasteiger partial charge in [-0.2, -0.15) is 18.2 Å². The van der Waals surface area contributed by atoms with Crippen molar-refractivity contribution in [3.63, 3.8) is 0 Å². The maximum atomic E-state index is 13.2. The van der Waals surface area contributed by atoms with E-state index in [2.05, 4.69) is 9.97 Å². The van der Waals surface area contributed by atoms with Gasteiger partial charge in [-0.1, -0.05) is 19.1 Å². The van der Waals surface area contributed by atoms with Crippen molar-refractivity contribution in [3.8, 4) is 6.01 Å². The summed E-state index contributed by atoms with van der Waals surface area (Å²) in [6, 6.07) is 7.23. The molecule has 4 nitrogen and oxygen atoms in total. The van der Waals surface area contributed by atoms with Gasteiger partial charge in [-0.3, -0.25) is 0 Å². The van der Waals surface area contributed by atoms with Gasteiger partial charge in [0.05, 0.1) is 6.61 Å². The third-order valence-corrected chi connectivity index (χ3v) is 3.35. The normalized spacial score (nSPS) is 11.4. The predicted molar refractivity (Wildman–Crippen MR) is 82.1 cm³/mol. The van der Waals surface area contributed by atoms with Crippen molar-refractivity contribution in [3.05, 3.63) is 41.6 Å². The maximum Gasteiger partial charge on any atom is 0.421 e. The van der Waals surface area contributed by atoms with Crippen molar-refractivity contribution < 1.29 is 17.9 Å². The number of hydrogen-bond donors (Lipinski definition) is 0. The molecule has 1 aromatic carbocycles. The molecule has 124 valence electrons. The highest BCUT2D eigenvalue weighted by Gasteiger charge is 2.36. The Morgan fingerprint density at radius 1 is 1.22 bits per heavy atom. The molecule has 0 saturated carbocycles. The van der Waals surface area contributed by atoms with Crippen LogP contribution < -0.4 is 9.64 Å². The number of aryl methyl sites for hydroxylation is 1. The highest BCUT2D eigenvalue weighted by Crippen LogP contribution is 2.37. The van der Waals surface area contributed by atoms with Gasteiger partial charge < -0.3 is 9.64 Å². The predicted octanol–water partition coefficient (Wildman–Crippen LogP) is 4.22. The minimum Gasteiger partial charge on any atom is -0.464 e. The van der Waals surface area contributed by atoms with Gasteiger partial charge in [0.25, 0.3) is 0 Å². The molecule has 0 radical (unpaired) electrons. The van der Waals surface area contributed by atoms with Crippen molar-refractivity contribution >= 4 is 11.5 Å². The monoisotopic (exact) mass is 325 g/mol. The third-order valence-electron chi connectivity index (χ3n) is 3.35. The van der Waals surface area contributed by atoms with Crippen molar-refractivity contribution in [2.24, 2.45) is 0 Å². The van der Waals surface area contributed by atoms with Crippen molar-refractivity contribution in [2.75, 3.05) is 18.6 Å². The van der Waals surface area contributed by atoms with Gasteiger partial charge in [-0.05, 0) is 31.0 Å². The van der Waals surface area contributed by atoms with Crippen LogP contribution in [0.5, 0.6) is 6.01 Å². The second-order valence-electron chi connectivity index (χ2n) is 4.90. The van der Waals surface area contributed by atoms with E-state index in [1.807, 2.05) is 25.1 Å². The van der Waals surface area contributed by atoms with E-state index in [1.165, 1.54) is 4.90 Å². The van der Waals surface area contributed by atoms with E-state index in [4.69, 9.17) is 4.74 Å². The number of nitrogens with zero attached hydrogens (tertiary/aromatic N) is 3. The zero-order valence-corrected chi connectivity index (χ0v) is 13.2. The van der Waals surface area contributed by atoms with Crippen LogP contribution in [0.25, 0.3) is 0 Å². The van der Waals surface area contributed by atoms with Crippen LogP contribution in [0.4, 0.5) is 24.7 Å². The van der Waals surface area contributed by atoms with E-state index in [1.54, 1.807) is 20.0 Å². The van der Waals surface area contributed by atoms with Crippen LogP contribution in [-0.2, 0) is 12.6 Å². The summed E-state index contributed by atoms with van der Waals surface area (Å²) in [5, 5.41) is 0. The molecular weight excluding hydrogens is 307 g/mol. The molecule has 23 heavy (non-hydrogen) atoms. The van der Waals surface area contributed by atoms with Gasteiger partial charge in [-0.25, -0.2) is 4.98 Å². The van der Waals surface area contributed by atoms with Crippen molar-refractivity contribution in [2.45, 2.75) is 26.4 Å². The number of benzene rings is 1. The molecule has 0 spiro atoms. The molecule has 0 saturated heterocycles. The van der Waals surface area contributed by atoms with Crippen LogP contribution in [-0.4, -0.2) is 23.6 Å². The zero-order valence-electron chi connectivity index (χ0n) is 13.2. The Morgan fingerprint density at radius 2 is 1.96 bits per heavy atom. The summed E-state index contributed by atoms with van der Waals surface area (Å²) in [6.07, 6.45) is -2.99. The molecule has 0 aliphatic rings. The van der Waals surface area contributed by atoms with Crippen LogP contribution in [0.3, 0.4) is 0 Å². The molecule has 0 aliphatic carbocycles. The highest BCUT2D eigenvalue weighted by molar-refractivity contribution is 5.63. The standard InChI is InChI=1S/C16H18F3N3O/c1-4-11-7-6-8-12(9-11)22(3)14-13(16(17,18)19)10-20-15(21-14)23-5-2/h6-10H,4-5H2,1-3H3. The molecule has 0 aliphatic heterocycles. The fraction of sp³-hybridized carbons (Fsp3) is 0.375. The number of anilines is 2. The zero-order chi connectivity index (χ0) is 17.0. The number of rotatable bonds is 5. The summed E-state index contributed by atoms with van der Waals surface area (Å²) in [5.74, 6) is -0.232. The molecule has 2 aromatic rings. The second-order valence-corrected chi connectivity index (χ2v) is 4.90. The fourth-order valence-electron chi connectivity index (χ4n) is 2.12. The first-order valence-electron chi connectivity index (χ1n) is 7.26. The van der Waals surface area contributed by atoms with Crippen molar-refractivity contribution in [1.29, 1.82) is 0 Å². The minimum absolute atomic E-state index is 0.0750. The smallest absolute Gasteiger partial charge is 0.421 e. The highest BCUT2D eigenvalue weighted by atomic mass is 19.4. The van der Waals surface area contributed by atoms with E-state index in [0.717, 1.165) is 18.2 Å². The SMILES string of the molecule is CCOc1ncc(C(F)(F)F)c(N(C)c2cccc(CC)c2)n1. The van der Waals surface area contributed by atoms with E-state index < -0.39 is 11.7 Å². The van der Waals surface area contributed by atoms with E-state index >= 15 is 0 Å². The van der Waals surface area contributed by atoms with Gasteiger partial charge in [0.15, 0.2) is 5.82 Å². The Kier molecular flexibility index (Phi) is 5.08. The second kappa shape index (κ2) is 6.85. The largest absolute Gasteiger partial charge is 0.464 e. The Balaban J connectivity index is 2.51.